The second kappa shape index (κ2) is 6.05. The third kappa shape index (κ3) is 3.13. The molecule has 98 valence electrons. The Morgan fingerprint density at radius 3 is 2.21 bits per heavy atom. The fourth-order valence-corrected chi connectivity index (χ4v) is 1.85. The Labute approximate surface area is 113 Å². The average Bonchev–Trinajstić information content (AvgIpc) is 2.48. The highest BCUT2D eigenvalue weighted by molar-refractivity contribution is 6.02. The van der Waals surface area contributed by atoms with Crippen molar-refractivity contribution < 1.29 is 9.47 Å². The third-order valence-electron chi connectivity index (χ3n) is 2.87. The molecule has 0 unspecified atom stereocenters. The van der Waals surface area contributed by atoms with Gasteiger partial charge in [-0.2, -0.15) is 0 Å². The second-order valence-corrected chi connectivity index (χ2v) is 4.10. The number of para-hydroxylation sites is 1. The fourth-order valence-electron chi connectivity index (χ4n) is 1.85. The molecule has 0 bridgehead atoms. The summed E-state index contributed by atoms with van der Waals surface area (Å²) in [6, 6.07) is 15.5. The van der Waals surface area contributed by atoms with Crippen LogP contribution in [-0.2, 0) is 0 Å². The van der Waals surface area contributed by atoms with Gasteiger partial charge in [0.1, 0.15) is 11.5 Å². The van der Waals surface area contributed by atoms with Gasteiger partial charge in [0.05, 0.1) is 19.9 Å². The maximum Gasteiger partial charge on any atom is 0.127 e. The van der Waals surface area contributed by atoms with Gasteiger partial charge in [0, 0.05) is 11.3 Å². The Morgan fingerprint density at radius 2 is 1.58 bits per heavy atom. The fraction of sp³-hybridized carbons (Fsp3) is 0.188. The second-order valence-electron chi connectivity index (χ2n) is 4.10. The molecule has 0 aliphatic rings. The number of methoxy groups -OCH3 is 2. The van der Waals surface area contributed by atoms with Gasteiger partial charge in [-0.3, -0.25) is 4.99 Å². The number of rotatable bonds is 4. The van der Waals surface area contributed by atoms with Gasteiger partial charge in [-0.05, 0) is 43.3 Å². The van der Waals surface area contributed by atoms with E-state index in [1.54, 1.807) is 14.2 Å². The van der Waals surface area contributed by atoms with Crippen molar-refractivity contribution in [1.29, 1.82) is 0 Å². The van der Waals surface area contributed by atoms with Crippen molar-refractivity contribution in [1.82, 2.24) is 0 Å². The summed E-state index contributed by atoms with van der Waals surface area (Å²) in [4.78, 5) is 4.59. The van der Waals surface area contributed by atoms with Gasteiger partial charge >= 0.3 is 0 Å². The Hall–Kier alpha value is -2.29. The number of aliphatic imine (C=N–C) groups is 1. The molecule has 0 aromatic heterocycles. The van der Waals surface area contributed by atoms with E-state index in [4.69, 9.17) is 9.47 Å². The molecule has 0 aliphatic heterocycles. The van der Waals surface area contributed by atoms with Crippen LogP contribution in [0.15, 0.2) is 53.5 Å². The van der Waals surface area contributed by atoms with E-state index in [9.17, 15) is 0 Å². The van der Waals surface area contributed by atoms with E-state index < -0.39 is 0 Å². The summed E-state index contributed by atoms with van der Waals surface area (Å²) in [5.74, 6) is 1.66. The molecule has 0 saturated carbocycles. The lowest BCUT2D eigenvalue weighted by molar-refractivity contribution is 0.414. The van der Waals surface area contributed by atoms with E-state index in [0.717, 1.165) is 28.5 Å². The average molecular weight is 255 g/mol. The van der Waals surface area contributed by atoms with E-state index in [1.807, 2.05) is 55.5 Å². The molecule has 0 fully saturated rings. The minimum Gasteiger partial charge on any atom is -0.497 e. The van der Waals surface area contributed by atoms with Crippen LogP contribution in [0.4, 0.5) is 5.69 Å². The molecule has 3 nitrogen and oxygen atoms in total. The predicted molar refractivity (Wildman–Crippen MR) is 77.9 cm³/mol. The lowest BCUT2D eigenvalue weighted by Gasteiger charge is -2.07. The molecule has 0 heterocycles. The van der Waals surface area contributed by atoms with Gasteiger partial charge in [0.15, 0.2) is 0 Å². The Balaban J connectivity index is 2.31. The summed E-state index contributed by atoms with van der Waals surface area (Å²) >= 11 is 0. The van der Waals surface area contributed by atoms with E-state index in [1.165, 1.54) is 0 Å². The van der Waals surface area contributed by atoms with E-state index in [2.05, 4.69) is 4.99 Å². The van der Waals surface area contributed by atoms with Gasteiger partial charge in [0.2, 0.25) is 0 Å². The van der Waals surface area contributed by atoms with Gasteiger partial charge < -0.3 is 9.47 Å². The first-order chi connectivity index (χ1) is 9.24. The zero-order valence-electron chi connectivity index (χ0n) is 11.4. The molecule has 2 rings (SSSR count). The normalized spacial score (nSPS) is 11.2. The summed E-state index contributed by atoms with van der Waals surface area (Å²) in [6.45, 7) is 1.97. The standard InChI is InChI=1S/C16H17NO2/c1-12(15-6-4-5-7-16(15)19-3)17-13-8-10-14(18-2)11-9-13/h4-11H,1-3H3. The van der Waals surface area contributed by atoms with Crippen molar-refractivity contribution >= 4 is 11.4 Å². The maximum atomic E-state index is 5.34. The largest absolute Gasteiger partial charge is 0.497 e. The molecule has 2 aromatic carbocycles. The third-order valence-corrected chi connectivity index (χ3v) is 2.87. The number of hydrogen-bond donors (Lipinski definition) is 0. The summed E-state index contributed by atoms with van der Waals surface area (Å²) in [5.41, 5.74) is 2.81. The minimum atomic E-state index is 0.828. The summed E-state index contributed by atoms with van der Waals surface area (Å²) in [7, 11) is 3.32. The van der Waals surface area contributed by atoms with Crippen molar-refractivity contribution in [2.24, 2.45) is 4.99 Å². The molecule has 2 aromatic rings. The van der Waals surface area contributed by atoms with Crippen LogP contribution < -0.4 is 9.47 Å². The molecule has 0 N–H and O–H groups in total. The van der Waals surface area contributed by atoms with Crippen LogP contribution >= 0.6 is 0 Å². The number of nitrogens with zero attached hydrogens (tertiary/aromatic N) is 1. The Bertz CT molecular complexity index is 574. The number of benzene rings is 2. The quantitative estimate of drug-likeness (QED) is 0.777. The molecular formula is C16H17NO2. The van der Waals surface area contributed by atoms with Gasteiger partial charge in [-0.15, -0.1) is 0 Å². The smallest absolute Gasteiger partial charge is 0.127 e. The van der Waals surface area contributed by atoms with Crippen LogP contribution in [-0.4, -0.2) is 19.9 Å². The van der Waals surface area contributed by atoms with Crippen molar-refractivity contribution in [3.8, 4) is 11.5 Å². The molecule has 0 radical (unpaired) electrons. The first-order valence-corrected chi connectivity index (χ1v) is 6.07. The maximum absolute atomic E-state index is 5.34. The molecule has 0 amide bonds. The van der Waals surface area contributed by atoms with Gasteiger partial charge in [-0.1, -0.05) is 12.1 Å². The van der Waals surface area contributed by atoms with E-state index in [-0.39, 0.29) is 0 Å². The highest BCUT2D eigenvalue weighted by Crippen LogP contribution is 2.22. The Morgan fingerprint density at radius 1 is 0.895 bits per heavy atom. The van der Waals surface area contributed by atoms with Crippen LogP contribution in [0.1, 0.15) is 12.5 Å². The molecule has 0 aliphatic carbocycles. The molecular weight excluding hydrogens is 238 g/mol. The van der Waals surface area contributed by atoms with Gasteiger partial charge in [0.25, 0.3) is 0 Å². The topological polar surface area (TPSA) is 30.8 Å². The SMILES string of the molecule is COc1ccc(N=C(C)c2ccccc2OC)cc1. The summed E-state index contributed by atoms with van der Waals surface area (Å²) in [5, 5.41) is 0. The highest BCUT2D eigenvalue weighted by atomic mass is 16.5. The molecule has 0 atom stereocenters. The van der Waals surface area contributed by atoms with Crippen molar-refractivity contribution in [2.75, 3.05) is 14.2 Å². The monoisotopic (exact) mass is 255 g/mol. The van der Waals surface area contributed by atoms with Crippen LogP contribution in [0, 0.1) is 0 Å². The summed E-state index contributed by atoms with van der Waals surface area (Å²) < 4.78 is 10.5. The van der Waals surface area contributed by atoms with Crippen LogP contribution in [0.2, 0.25) is 0 Å². The molecule has 0 saturated heterocycles. The van der Waals surface area contributed by atoms with Gasteiger partial charge in [-0.25, -0.2) is 0 Å². The molecule has 19 heavy (non-hydrogen) atoms. The Kier molecular flexibility index (Phi) is 4.18. The minimum absolute atomic E-state index is 0.828. The zero-order valence-corrected chi connectivity index (χ0v) is 11.4. The summed E-state index contributed by atoms with van der Waals surface area (Å²) in [6.07, 6.45) is 0. The lowest BCUT2D eigenvalue weighted by atomic mass is 10.1. The van der Waals surface area contributed by atoms with Crippen LogP contribution in [0.25, 0.3) is 0 Å². The molecule has 0 spiro atoms. The van der Waals surface area contributed by atoms with Crippen molar-refractivity contribution in [3.63, 3.8) is 0 Å². The number of ether oxygens (including phenoxy) is 2. The first-order valence-electron chi connectivity index (χ1n) is 6.07. The number of hydrogen-bond acceptors (Lipinski definition) is 3. The zero-order chi connectivity index (χ0) is 13.7. The molecule has 3 heteroatoms. The van der Waals surface area contributed by atoms with Crippen LogP contribution in [0.3, 0.4) is 0 Å². The van der Waals surface area contributed by atoms with Crippen molar-refractivity contribution in [2.45, 2.75) is 6.92 Å². The van der Waals surface area contributed by atoms with E-state index in [0.29, 0.717) is 0 Å². The first kappa shape index (κ1) is 13.1. The van der Waals surface area contributed by atoms with Crippen molar-refractivity contribution in [3.05, 3.63) is 54.1 Å². The van der Waals surface area contributed by atoms with Crippen LogP contribution in [0.5, 0.6) is 11.5 Å². The lowest BCUT2D eigenvalue weighted by Crippen LogP contribution is -1.98. The highest BCUT2D eigenvalue weighted by Gasteiger charge is 2.04. The predicted octanol–water partition coefficient (Wildman–Crippen LogP) is 3.84. The van der Waals surface area contributed by atoms with E-state index >= 15 is 0 Å².